The van der Waals surface area contributed by atoms with Crippen LogP contribution >= 0.6 is 22.9 Å². The second-order valence-electron chi connectivity index (χ2n) is 4.47. The van der Waals surface area contributed by atoms with E-state index in [1.165, 1.54) is 11.3 Å². The third kappa shape index (κ3) is 2.91. The lowest BCUT2D eigenvalue weighted by atomic mass is 10.0. The lowest BCUT2D eigenvalue weighted by molar-refractivity contribution is 0.117. The molecule has 2 aromatic heterocycles. The molecule has 3 rings (SSSR count). The lowest BCUT2D eigenvalue weighted by Crippen LogP contribution is -2.10. The van der Waals surface area contributed by atoms with Crippen molar-refractivity contribution in [3.05, 3.63) is 27.2 Å². The van der Waals surface area contributed by atoms with E-state index in [1.54, 1.807) is 0 Å². The summed E-state index contributed by atoms with van der Waals surface area (Å²) in [6.45, 7) is 3.26. The highest BCUT2D eigenvalue weighted by Crippen LogP contribution is 2.29. The smallest absolute Gasteiger partial charge is 0.335 e. The summed E-state index contributed by atoms with van der Waals surface area (Å²) >= 11 is 7.35. The molecular formula is C12H14ClN3O2S. The number of thiophene rings is 1. The number of ether oxygens (including phenoxy) is 2. The summed E-state index contributed by atoms with van der Waals surface area (Å²) in [6.07, 6.45) is 1.15. The van der Waals surface area contributed by atoms with Gasteiger partial charge in [0.05, 0.1) is 10.4 Å². The molecule has 0 spiro atoms. The fourth-order valence-electron chi connectivity index (χ4n) is 2.14. The van der Waals surface area contributed by atoms with Crippen LogP contribution in [0, 0.1) is 0 Å². The van der Waals surface area contributed by atoms with Crippen molar-refractivity contribution in [1.29, 1.82) is 0 Å². The van der Waals surface area contributed by atoms with Crippen molar-refractivity contribution in [3.8, 4) is 6.01 Å². The summed E-state index contributed by atoms with van der Waals surface area (Å²) in [7, 11) is 0. The fraction of sp³-hybridized carbons (Fsp3) is 0.500. The van der Waals surface area contributed by atoms with E-state index in [2.05, 4.69) is 15.2 Å². The van der Waals surface area contributed by atoms with E-state index in [1.807, 2.05) is 19.1 Å². The lowest BCUT2D eigenvalue weighted by Gasteiger charge is -2.09. The molecule has 1 aliphatic rings. The zero-order valence-corrected chi connectivity index (χ0v) is 12.0. The number of aromatic amines is 1. The largest absolute Gasteiger partial charge is 0.457 e. The normalized spacial score (nSPS) is 22.8. The zero-order valence-electron chi connectivity index (χ0n) is 10.4. The molecule has 0 bridgehead atoms. The molecule has 2 unspecified atom stereocenters. The van der Waals surface area contributed by atoms with Gasteiger partial charge in [0.15, 0.2) is 0 Å². The molecule has 0 amide bonds. The number of hydrogen-bond acceptors (Lipinski definition) is 5. The van der Waals surface area contributed by atoms with Gasteiger partial charge in [0.25, 0.3) is 0 Å². The summed E-state index contributed by atoms with van der Waals surface area (Å²) < 4.78 is 11.8. The maximum absolute atomic E-state index is 5.86. The summed E-state index contributed by atoms with van der Waals surface area (Å²) in [5, 5.41) is 7.01. The Morgan fingerprint density at radius 2 is 2.47 bits per heavy atom. The van der Waals surface area contributed by atoms with Gasteiger partial charge in [-0.25, -0.2) is 0 Å². The fourth-order valence-corrected chi connectivity index (χ4v) is 3.15. The molecular weight excluding hydrogens is 286 g/mol. The number of hydrogen-bond donors (Lipinski definition) is 1. The van der Waals surface area contributed by atoms with Gasteiger partial charge in [-0.1, -0.05) is 11.6 Å². The maximum atomic E-state index is 5.86. The Morgan fingerprint density at radius 1 is 1.58 bits per heavy atom. The van der Waals surface area contributed by atoms with Crippen LogP contribution < -0.4 is 4.74 Å². The minimum Gasteiger partial charge on any atom is -0.457 e. The van der Waals surface area contributed by atoms with Gasteiger partial charge in [0.1, 0.15) is 12.4 Å². The van der Waals surface area contributed by atoms with E-state index >= 15 is 0 Å². The maximum Gasteiger partial charge on any atom is 0.335 e. The first-order valence-corrected chi connectivity index (χ1v) is 7.33. The van der Waals surface area contributed by atoms with Crippen LogP contribution in [0.5, 0.6) is 6.01 Å². The number of nitrogens with one attached hydrogen (secondary N) is 1. The number of nitrogens with zero attached hydrogens (tertiary/aromatic N) is 2. The molecule has 3 heterocycles. The first-order valence-electron chi connectivity index (χ1n) is 6.13. The topological polar surface area (TPSA) is 60.0 Å². The molecule has 1 fully saturated rings. The molecule has 7 heteroatoms. The SMILES string of the molecule is CC1OCCC1c1nc(OCc2ccc(Cl)s2)n[nH]1. The van der Waals surface area contributed by atoms with Crippen LogP contribution in [-0.4, -0.2) is 27.9 Å². The van der Waals surface area contributed by atoms with Gasteiger partial charge < -0.3 is 9.47 Å². The highest BCUT2D eigenvalue weighted by molar-refractivity contribution is 7.16. The summed E-state index contributed by atoms with van der Waals surface area (Å²) in [5.74, 6) is 1.12. The zero-order chi connectivity index (χ0) is 13.2. The van der Waals surface area contributed by atoms with Crippen LogP contribution in [0.1, 0.15) is 30.0 Å². The molecule has 2 atom stereocenters. The second-order valence-corrected chi connectivity index (χ2v) is 6.27. The van der Waals surface area contributed by atoms with E-state index < -0.39 is 0 Å². The Balaban J connectivity index is 1.61. The molecule has 0 saturated carbocycles. The van der Waals surface area contributed by atoms with Crippen molar-refractivity contribution in [2.75, 3.05) is 6.61 Å². The van der Waals surface area contributed by atoms with Gasteiger partial charge in [-0.05, 0) is 25.5 Å². The minimum atomic E-state index is 0.178. The monoisotopic (exact) mass is 299 g/mol. The second kappa shape index (κ2) is 5.48. The van der Waals surface area contributed by atoms with Gasteiger partial charge >= 0.3 is 6.01 Å². The minimum absolute atomic E-state index is 0.178. The number of aromatic nitrogens is 3. The Hall–Kier alpha value is -1.11. The predicted octanol–water partition coefficient (Wildman–Crippen LogP) is 2.99. The molecule has 1 saturated heterocycles. The Morgan fingerprint density at radius 3 is 3.16 bits per heavy atom. The van der Waals surface area contributed by atoms with Gasteiger partial charge in [-0.3, -0.25) is 5.10 Å². The number of rotatable bonds is 4. The molecule has 0 radical (unpaired) electrons. The van der Waals surface area contributed by atoms with Crippen LogP contribution in [0.25, 0.3) is 0 Å². The first kappa shape index (κ1) is 12.9. The molecule has 102 valence electrons. The standard InChI is InChI=1S/C12H14ClN3O2S/c1-7-9(4-5-17-7)11-14-12(16-15-11)18-6-8-2-3-10(13)19-8/h2-3,7,9H,4-6H2,1H3,(H,14,15,16). The van der Waals surface area contributed by atoms with Gasteiger partial charge in [-0.2, -0.15) is 4.98 Å². The summed E-state index contributed by atoms with van der Waals surface area (Å²) in [4.78, 5) is 5.42. The Labute approximate surface area is 119 Å². The van der Waals surface area contributed by atoms with Crippen LogP contribution in [0.2, 0.25) is 4.34 Å². The Kier molecular flexibility index (Phi) is 3.72. The van der Waals surface area contributed by atoms with E-state index in [0.29, 0.717) is 12.6 Å². The Bertz CT molecular complexity index is 557. The van der Waals surface area contributed by atoms with Crippen molar-refractivity contribution in [2.24, 2.45) is 0 Å². The first-order chi connectivity index (χ1) is 9.22. The quantitative estimate of drug-likeness (QED) is 0.943. The van der Waals surface area contributed by atoms with Crippen molar-refractivity contribution in [3.63, 3.8) is 0 Å². The number of H-pyrrole nitrogens is 1. The van der Waals surface area contributed by atoms with E-state index in [-0.39, 0.29) is 12.0 Å². The summed E-state index contributed by atoms with van der Waals surface area (Å²) in [5.41, 5.74) is 0. The van der Waals surface area contributed by atoms with Crippen LogP contribution in [-0.2, 0) is 11.3 Å². The van der Waals surface area contributed by atoms with Crippen molar-refractivity contribution >= 4 is 22.9 Å². The van der Waals surface area contributed by atoms with Crippen molar-refractivity contribution in [1.82, 2.24) is 15.2 Å². The molecule has 1 aliphatic heterocycles. The predicted molar refractivity (Wildman–Crippen MR) is 72.8 cm³/mol. The third-order valence-corrected chi connectivity index (χ3v) is 4.39. The van der Waals surface area contributed by atoms with Crippen molar-refractivity contribution in [2.45, 2.75) is 32.0 Å². The molecule has 5 nitrogen and oxygen atoms in total. The molecule has 0 aromatic carbocycles. The van der Waals surface area contributed by atoms with E-state index in [9.17, 15) is 0 Å². The average molecular weight is 300 g/mol. The molecule has 0 aliphatic carbocycles. The van der Waals surface area contributed by atoms with E-state index in [0.717, 1.165) is 28.1 Å². The molecule has 19 heavy (non-hydrogen) atoms. The molecule has 2 aromatic rings. The van der Waals surface area contributed by atoms with Gasteiger partial charge in [-0.15, -0.1) is 16.4 Å². The van der Waals surface area contributed by atoms with Crippen LogP contribution in [0.3, 0.4) is 0 Å². The number of halogens is 1. The highest BCUT2D eigenvalue weighted by Gasteiger charge is 2.28. The highest BCUT2D eigenvalue weighted by atomic mass is 35.5. The van der Waals surface area contributed by atoms with Crippen LogP contribution in [0.4, 0.5) is 0 Å². The third-order valence-electron chi connectivity index (χ3n) is 3.18. The average Bonchev–Trinajstić information content (AvgIpc) is 3.07. The van der Waals surface area contributed by atoms with Gasteiger partial charge in [0.2, 0.25) is 0 Å². The summed E-state index contributed by atoms with van der Waals surface area (Å²) in [6, 6.07) is 4.16. The van der Waals surface area contributed by atoms with Crippen molar-refractivity contribution < 1.29 is 9.47 Å². The van der Waals surface area contributed by atoms with E-state index in [4.69, 9.17) is 21.1 Å². The molecule has 1 N–H and O–H groups in total. The van der Waals surface area contributed by atoms with Crippen LogP contribution in [0.15, 0.2) is 12.1 Å². The van der Waals surface area contributed by atoms with Gasteiger partial charge in [0, 0.05) is 17.4 Å².